The standard InChI is InChI=1S/C12H17ClN2OS/c1-2-17-7-3-6-15-11-8-9(12(14)16)4-5-10(11)13/h4-5,8,15H,2-3,6-7H2,1H3,(H2,14,16). The summed E-state index contributed by atoms with van der Waals surface area (Å²) in [4.78, 5) is 11.0. The molecule has 1 amide bonds. The zero-order chi connectivity index (χ0) is 12.7. The van der Waals surface area contributed by atoms with Crippen molar-refractivity contribution in [2.45, 2.75) is 13.3 Å². The molecule has 0 aromatic heterocycles. The number of amides is 1. The number of primary amides is 1. The molecule has 5 heteroatoms. The van der Waals surface area contributed by atoms with Crippen LogP contribution in [0.3, 0.4) is 0 Å². The van der Waals surface area contributed by atoms with Crippen molar-refractivity contribution >= 4 is 35.0 Å². The second-order valence-electron chi connectivity index (χ2n) is 3.54. The lowest BCUT2D eigenvalue weighted by Gasteiger charge is -2.09. The minimum atomic E-state index is -0.439. The average molecular weight is 273 g/mol. The molecule has 3 N–H and O–H groups in total. The van der Waals surface area contributed by atoms with Crippen LogP contribution in [0, 0.1) is 0 Å². The Labute approximate surface area is 111 Å². The van der Waals surface area contributed by atoms with E-state index in [1.807, 2.05) is 11.8 Å². The fraction of sp³-hybridized carbons (Fsp3) is 0.417. The molecule has 0 atom stereocenters. The number of anilines is 1. The third-order valence-corrected chi connectivity index (χ3v) is 3.55. The number of nitrogens with one attached hydrogen (secondary N) is 1. The Morgan fingerprint density at radius 3 is 2.94 bits per heavy atom. The number of carbonyl (C=O) groups is 1. The monoisotopic (exact) mass is 272 g/mol. The van der Waals surface area contributed by atoms with Crippen molar-refractivity contribution in [1.82, 2.24) is 0 Å². The number of rotatable bonds is 7. The van der Waals surface area contributed by atoms with Gasteiger partial charge in [-0.25, -0.2) is 0 Å². The molecular formula is C12H17ClN2OS. The molecule has 17 heavy (non-hydrogen) atoms. The fourth-order valence-corrected chi connectivity index (χ4v) is 2.18. The van der Waals surface area contributed by atoms with E-state index in [4.69, 9.17) is 17.3 Å². The Morgan fingerprint density at radius 1 is 1.53 bits per heavy atom. The van der Waals surface area contributed by atoms with Gasteiger partial charge in [0.2, 0.25) is 5.91 Å². The molecule has 0 saturated carbocycles. The van der Waals surface area contributed by atoms with Gasteiger partial charge in [0.1, 0.15) is 0 Å². The van der Waals surface area contributed by atoms with E-state index in [-0.39, 0.29) is 0 Å². The molecule has 1 aromatic rings. The number of nitrogens with two attached hydrogens (primary N) is 1. The Kier molecular flexibility index (Phi) is 6.22. The van der Waals surface area contributed by atoms with E-state index >= 15 is 0 Å². The number of carbonyl (C=O) groups excluding carboxylic acids is 1. The maximum Gasteiger partial charge on any atom is 0.248 e. The van der Waals surface area contributed by atoms with Crippen LogP contribution in [-0.2, 0) is 0 Å². The Hall–Kier alpha value is -0.870. The molecule has 1 aromatic carbocycles. The number of halogens is 1. The molecule has 0 spiro atoms. The van der Waals surface area contributed by atoms with E-state index < -0.39 is 5.91 Å². The summed E-state index contributed by atoms with van der Waals surface area (Å²) in [5.41, 5.74) is 6.45. The number of hydrogen-bond donors (Lipinski definition) is 2. The number of benzene rings is 1. The molecule has 0 radical (unpaired) electrons. The van der Waals surface area contributed by atoms with Crippen LogP contribution in [0.1, 0.15) is 23.7 Å². The predicted octanol–water partition coefficient (Wildman–Crippen LogP) is 2.99. The van der Waals surface area contributed by atoms with E-state index in [1.165, 1.54) is 0 Å². The van der Waals surface area contributed by atoms with Gasteiger partial charge >= 0.3 is 0 Å². The average Bonchev–Trinajstić information content (AvgIpc) is 2.30. The molecule has 0 fully saturated rings. The van der Waals surface area contributed by atoms with Gasteiger partial charge in [0.15, 0.2) is 0 Å². The quantitative estimate of drug-likeness (QED) is 0.751. The largest absolute Gasteiger partial charge is 0.384 e. The molecule has 1 rings (SSSR count). The molecule has 0 aliphatic heterocycles. The highest BCUT2D eigenvalue weighted by Gasteiger charge is 2.05. The zero-order valence-corrected chi connectivity index (χ0v) is 11.4. The summed E-state index contributed by atoms with van der Waals surface area (Å²) in [6.07, 6.45) is 1.07. The third-order valence-electron chi connectivity index (χ3n) is 2.24. The van der Waals surface area contributed by atoms with Gasteiger partial charge in [0, 0.05) is 12.1 Å². The first-order valence-electron chi connectivity index (χ1n) is 5.56. The first kappa shape index (κ1) is 14.2. The van der Waals surface area contributed by atoms with Crippen LogP contribution in [0.5, 0.6) is 0 Å². The smallest absolute Gasteiger partial charge is 0.248 e. The maximum atomic E-state index is 11.0. The Bertz CT molecular complexity index is 385. The SMILES string of the molecule is CCSCCCNc1cc(C(N)=O)ccc1Cl. The summed E-state index contributed by atoms with van der Waals surface area (Å²) in [5, 5.41) is 3.82. The summed E-state index contributed by atoms with van der Waals surface area (Å²) < 4.78 is 0. The van der Waals surface area contributed by atoms with E-state index in [9.17, 15) is 4.79 Å². The normalized spacial score (nSPS) is 10.2. The van der Waals surface area contributed by atoms with E-state index in [0.717, 1.165) is 30.2 Å². The van der Waals surface area contributed by atoms with Crippen LogP contribution in [0.25, 0.3) is 0 Å². The number of thioether (sulfide) groups is 1. The lowest BCUT2D eigenvalue weighted by Crippen LogP contribution is -2.12. The lowest BCUT2D eigenvalue weighted by atomic mass is 10.2. The van der Waals surface area contributed by atoms with E-state index in [0.29, 0.717) is 10.6 Å². The Morgan fingerprint density at radius 2 is 2.29 bits per heavy atom. The maximum absolute atomic E-state index is 11.0. The summed E-state index contributed by atoms with van der Waals surface area (Å²) in [6.45, 7) is 2.99. The molecule has 0 aliphatic carbocycles. The second kappa shape index (κ2) is 7.45. The molecule has 0 unspecified atom stereocenters. The minimum Gasteiger partial charge on any atom is -0.384 e. The summed E-state index contributed by atoms with van der Waals surface area (Å²) in [7, 11) is 0. The molecule has 0 heterocycles. The topological polar surface area (TPSA) is 55.1 Å². The van der Waals surface area contributed by atoms with Gasteiger partial charge in [-0.2, -0.15) is 11.8 Å². The van der Waals surface area contributed by atoms with Crippen LogP contribution in [0.2, 0.25) is 5.02 Å². The van der Waals surface area contributed by atoms with Crippen LogP contribution in [0.4, 0.5) is 5.69 Å². The highest BCUT2D eigenvalue weighted by atomic mass is 35.5. The first-order valence-corrected chi connectivity index (χ1v) is 7.09. The van der Waals surface area contributed by atoms with Crippen LogP contribution in [-0.4, -0.2) is 24.0 Å². The van der Waals surface area contributed by atoms with Gasteiger partial charge < -0.3 is 11.1 Å². The minimum absolute atomic E-state index is 0.439. The van der Waals surface area contributed by atoms with Crippen LogP contribution >= 0.6 is 23.4 Å². The molecule has 0 aliphatic rings. The fourth-order valence-electron chi connectivity index (χ4n) is 1.36. The van der Waals surface area contributed by atoms with Crippen molar-refractivity contribution < 1.29 is 4.79 Å². The van der Waals surface area contributed by atoms with E-state index in [1.54, 1.807) is 18.2 Å². The van der Waals surface area contributed by atoms with Crippen LogP contribution < -0.4 is 11.1 Å². The van der Waals surface area contributed by atoms with Gasteiger partial charge in [0.25, 0.3) is 0 Å². The van der Waals surface area contributed by atoms with Crippen LogP contribution in [0.15, 0.2) is 18.2 Å². The highest BCUT2D eigenvalue weighted by molar-refractivity contribution is 7.99. The second-order valence-corrected chi connectivity index (χ2v) is 5.34. The lowest BCUT2D eigenvalue weighted by molar-refractivity contribution is 0.100. The van der Waals surface area contributed by atoms with Crippen molar-refractivity contribution in [3.8, 4) is 0 Å². The highest BCUT2D eigenvalue weighted by Crippen LogP contribution is 2.22. The summed E-state index contributed by atoms with van der Waals surface area (Å²) in [5.74, 6) is 1.82. The summed E-state index contributed by atoms with van der Waals surface area (Å²) in [6, 6.07) is 5.01. The molecular weight excluding hydrogens is 256 g/mol. The molecule has 94 valence electrons. The molecule has 0 bridgehead atoms. The van der Waals surface area contributed by atoms with Crippen molar-refractivity contribution in [2.24, 2.45) is 5.73 Å². The van der Waals surface area contributed by atoms with Gasteiger partial charge in [-0.1, -0.05) is 18.5 Å². The molecule has 3 nitrogen and oxygen atoms in total. The predicted molar refractivity (Wildman–Crippen MR) is 76.1 cm³/mol. The van der Waals surface area contributed by atoms with Crippen molar-refractivity contribution in [3.63, 3.8) is 0 Å². The van der Waals surface area contributed by atoms with Gasteiger partial charge in [-0.15, -0.1) is 0 Å². The zero-order valence-electron chi connectivity index (χ0n) is 9.83. The molecule has 0 saturated heterocycles. The van der Waals surface area contributed by atoms with Gasteiger partial charge in [0.05, 0.1) is 10.7 Å². The van der Waals surface area contributed by atoms with Crippen molar-refractivity contribution in [2.75, 3.05) is 23.4 Å². The van der Waals surface area contributed by atoms with Crippen molar-refractivity contribution in [1.29, 1.82) is 0 Å². The van der Waals surface area contributed by atoms with Gasteiger partial charge in [-0.3, -0.25) is 4.79 Å². The summed E-state index contributed by atoms with van der Waals surface area (Å²) >= 11 is 7.93. The Balaban J connectivity index is 2.51. The first-order chi connectivity index (χ1) is 8.15. The van der Waals surface area contributed by atoms with Gasteiger partial charge in [-0.05, 0) is 36.1 Å². The van der Waals surface area contributed by atoms with Crippen molar-refractivity contribution in [3.05, 3.63) is 28.8 Å². The third kappa shape index (κ3) is 4.88. The van der Waals surface area contributed by atoms with E-state index in [2.05, 4.69) is 12.2 Å². The number of hydrogen-bond acceptors (Lipinski definition) is 3.